The van der Waals surface area contributed by atoms with E-state index in [1.165, 1.54) is 6.33 Å². The first-order valence-corrected chi connectivity index (χ1v) is 10.9. The summed E-state index contributed by atoms with van der Waals surface area (Å²) in [5.41, 5.74) is 1.98. The van der Waals surface area contributed by atoms with Gasteiger partial charge in [-0.2, -0.15) is 0 Å². The number of benzene rings is 1. The zero-order valence-electron chi connectivity index (χ0n) is 18.9. The molecule has 2 aromatic heterocycles. The molecule has 1 amide bonds. The number of carbonyl (C=O) groups is 2. The number of fused-ring (bicyclic) bond motifs is 1. The first-order chi connectivity index (χ1) is 15.3. The van der Waals surface area contributed by atoms with Crippen LogP contribution in [0.25, 0.3) is 11.1 Å². The van der Waals surface area contributed by atoms with Gasteiger partial charge in [0.05, 0.1) is 5.56 Å². The van der Waals surface area contributed by atoms with Crippen LogP contribution in [-0.4, -0.2) is 52.3 Å². The van der Waals surface area contributed by atoms with Crippen LogP contribution in [0.4, 0.5) is 5.69 Å². The predicted molar refractivity (Wildman–Crippen MR) is 122 cm³/mol. The molecule has 32 heavy (non-hydrogen) atoms. The van der Waals surface area contributed by atoms with Gasteiger partial charge in [-0.1, -0.05) is 13.8 Å². The minimum Gasteiger partial charge on any atom is -0.442 e. The van der Waals surface area contributed by atoms with Crippen molar-refractivity contribution in [2.45, 2.75) is 34.2 Å². The highest BCUT2D eigenvalue weighted by molar-refractivity contribution is 6.06. The number of Topliss-reactive ketones (excluding diaryl/α,β-unsaturated/α-hetero) is 1. The van der Waals surface area contributed by atoms with Crippen LogP contribution in [0.3, 0.4) is 0 Å². The van der Waals surface area contributed by atoms with E-state index in [1.54, 1.807) is 23.3 Å². The largest absolute Gasteiger partial charge is 0.442 e. The summed E-state index contributed by atoms with van der Waals surface area (Å²) in [5.74, 6) is 0.529. The van der Waals surface area contributed by atoms with Crippen LogP contribution in [0.5, 0.6) is 0 Å². The Morgan fingerprint density at radius 2 is 1.75 bits per heavy atom. The summed E-state index contributed by atoms with van der Waals surface area (Å²) in [7, 11) is 0. The number of rotatable bonds is 5. The van der Waals surface area contributed by atoms with Gasteiger partial charge in [0.25, 0.3) is 11.5 Å². The van der Waals surface area contributed by atoms with E-state index in [1.807, 2.05) is 38.1 Å². The van der Waals surface area contributed by atoms with E-state index in [-0.39, 0.29) is 34.3 Å². The zero-order valence-corrected chi connectivity index (χ0v) is 18.9. The molecule has 3 heterocycles. The summed E-state index contributed by atoms with van der Waals surface area (Å²) >= 11 is 0. The highest BCUT2D eigenvalue weighted by Gasteiger charge is 2.29. The SMILES string of the molecule is CC(=O)c1ccc(N2CCN(C(=O)c3c(C)oc4ncn(CC(C)C)c(=O)c34)CC2)cc1. The summed E-state index contributed by atoms with van der Waals surface area (Å²) in [4.78, 5) is 46.1. The van der Waals surface area contributed by atoms with Crippen molar-refractivity contribution in [3.8, 4) is 0 Å². The van der Waals surface area contributed by atoms with E-state index in [9.17, 15) is 14.4 Å². The van der Waals surface area contributed by atoms with Crippen LogP contribution in [0, 0.1) is 12.8 Å². The smallest absolute Gasteiger partial charge is 0.265 e. The van der Waals surface area contributed by atoms with Crippen LogP contribution < -0.4 is 10.5 Å². The third kappa shape index (κ3) is 4.04. The number of ketones is 1. The van der Waals surface area contributed by atoms with Gasteiger partial charge in [-0.3, -0.25) is 19.0 Å². The Kier molecular flexibility index (Phi) is 5.86. The third-order valence-electron chi connectivity index (χ3n) is 5.84. The van der Waals surface area contributed by atoms with Crippen molar-refractivity contribution in [1.82, 2.24) is 14.5 Å². The number of nitrogens with zero attached hydrogens (tertiary/aromatic N) is 4. The third-order valence-corrected chi connectivity index (χ3v) is 5.84. The second kappa shape index (κ2) is 8.61. The average Bonchev–Trinajstić information content (AvgIpc) is 3.12. The van der Waals surface area contributed by atoms with Crippen molar-refractivity contribution in [3.63, 3.8) is 0 Å². The number of carbonyl (C=O) groups excluding carboxylic acids is 2. The van der Waals surface area contributed by atoms with Gasteiger partial charge < -0.3 is 14.2 Å². The maximum Gasteiger partial charge on any atom is 0.265 e. The van der Waals surface area contributed by atoms with Crippen molar-refractivity contribution in [2.75, 3.05) is 31.1 Å². The molecule has 1 aliphatic heterocycles. The number of amides is 1. The van der Waals surface area contributed by atoms with E-state index >= 15 is 0 Å². The molecular weight excluding hydrogens is 408 g/mol. The molecule has 1 saturated heterocycles. The van der Waals surface area contributed by atoms with Crippen molar-refractivity contribution < 1.29 is 14.0 Å². The van der Waals surface area contributed by atoms with Crippen molar-refractivity contribution in [3.05, 3.63) is 57.8 Å². The molecule has 0 spiro atoms. The van der Waals surface area contributed by atoms with Gasteiger partial charge in [0.1, 0.15) is 17.5 Å². The van der Waals surface area contributed by atoms with Crippen LogP contribution in [0.15, 0.2) is 39.8 Å². The molecule has 3 aromatic rings. The van der Waals surface area contributed by atoms with E-state index in [2.05, 4.69) is 9.88 Å². The summed E-state index contributed by atoms with van der Waals surface area (Å²) in [5, 5.41) is 0.262. The van der Waals surface area contributed by atoms with Crippen LogP contribution in [-0.2, 0) is 6.54 Å². The van der Waals surface area contributed by atoms with Gasteiger partial charge in [0.2, 0.25) is 5.71 Å². The summed E-state index contributed by atoms with van der Waals surface area (Å²) in [6, 6.07) is 7.52. The molecule has 1 fully saturated rings. The van der Waals surface area contributed by atoms with E-state index in [0.29, 0.717) is 49.6 Å². The number of furan rings is 1. The number of aromatic nitrogens is 2. The van der Waals surface area contributed by atoms with Gasteiger partial charge >= 0.3 is 0 Å². The number of anilines is 1. The molecule has 0 N–H and O–H groups in total. The minimum absolute atomic E-state index is 0.0385. The molecule has 0 saturated carbocycles. The quantitative estimate of drug-likeness (QED) is 0.571. The summed E-state index contributed by atoms with van der Waals surface area (Å²) in [6.07, 6.45) is 1.48. The Morgan fingerprint density at radius 1 is 1.09 bits per heavy atom. The van der Waals surface area contributed by atoms with E-state index < -0.39 is 0 Å². The minimum atomic E-state index is -0.243. The lowest BCUT2D eigenvalue weighted by molar-refractivity contribution is 0.0746. The number of piperazine rings is 1. The molecule has 8 heteroatoms. The van der Waals surface area contributed by atoms with E-state index in [0.717, 1.165) is 5.69 Å². The Balaban J connectivity index is 1.55. The first kappa shape index (κ1) is 21.8. The van der Waals surface area contributed by atoms with Gasteiger partial charge in [-0.15, -0.1) is 0 Å². The summed E-state index contributed by atoms with van der Waals surface area (Å²) < 4.78 is 7.21. The first-order valence-electron chi connectivity index (χ1n) is 10.9. The van der Waals surface area contributed by atoms with E-state index in [4.69, 9.17) is 4.42 Å². The fraction of sp³-hybridized carbons (Fsp3) is 0.417. The molecule has 0 unspecified atom stereocenters. The lowest BCUT2D eigenvalue weighted by Gasteiger charge is -2.36. The zero-order chi connectivity index (χ0) is 23.0. The Labute approximate surface area is 186 Å². The fourth-order valence-electron chi connectivity index (χ4n) is 4.15. The predicted octanol–water partition coefficient (Wildman–Crippen LogP) is 3.12. The second-order valence-corrected chi connectivity index (χ2v) is 8.69. The fourth-order valence-corrected chi connectivity index (χ4v) is 4.15. The second-order valence-electron chi connectivity index (χ2n) is 8.69. The lowest BCUT2D eigenvalue weighted by Crippen LogP contribution is -2.49. The topological polar surface area (TPSA) is 88.7 Å². The average molecular weight is 437 g/mol. The van der Waals surface area contributed by atoms with Gasteiger partial charge in [0.15, 0.2) is 5.78 Å². The van der Waals surface area contributed by atoms with Crippen molar-refractivity contribution in [2.24, 2.45) is 5.92 Å². The molecule has 1 aromatic carbocycles. The highest BCUT2D eigenvalue weighted by atomic mass is 16.3. The van der Waals surface area contributed by atoms with Gasteiger partial charge in [-0.05, 0) is 44.0 Å². The number of aryl methyl sites for hydroxylation is 1. The highest BCUT2D eigenvalue weighted by Crippen LogP contribution is 2.24. The Bertz CT molecular complexity index is 1220. The molecule has 0 aliphatic carbocycles. The molecule has 168 valence electrons. The standard InChI is InChI=1S/C24H28N4O4/c1-15(2)13-28-14-25-22-21(24(28)31)20(17(4)32-22)23(30)27-11-9-26(10-12-27)19-7-5-18(6-8-19)16(3)29/h5-8,14-15H,9-13H2,1-4H3. The van der Waals surface area contributed by atoms with Crippen LogP contribution in [0.1, 0.15) is 47.2 Å². The van der Waals surface area contributed by atoms with Gasteiger partial charge in [-0.25, -0.2) is 4.98 Å². The molecule has 0 atom stereocenters. The van der Waals surface area contributed by atoms with Gasteiger partial charge in [0, 0.05) is 44.0 Å². The molecule has 4 rings (SSSR count). The molecule has 0 radical (unpaired) electrons. The molecule has 1 aliphatic rings. The Hall–Kier alpha value is -3.42. The Morgan fingerprint density at radius 3 is 2.34 bits per heavy atom. The molecular formula is C24H28N4O4. The summed E-state index contributed by atoms with van der Waals surface area (Å²) in [6.45, 7) is 10.2. The maximum absolute atomic E-state index is 13.4. The van der Waals surface area contributed by atoms with Crippen LogP contribution >= 0.6 is 0 Å². The normalized spacial score (nSPS) is 14.4. The number of hydrogen-bond acceptors (Lipinski definition) is 6. The van der Waals surface area contributed by atoms with Crippen LogP contribution in [0.2, 0.25) is 0 Å². The lowest BCUT2D eigenvalue weighted by atomic mass is 10.1. The monoisotopic (exact) mass is 436 g/mol. The number of hydrogen-bond donors (Lipinski definition) is 0. The maximum atomic E-state index is 13.4. The van der Waals surface area contributed by atoms with Crippen molar-refractivity contribution >= 4 is 28.5 Å². The molecule has 8 nitrogen and oxygen atoms in total. The van der Waals surface area contributed by atoms with Crippen molar-refractivity contribution in [1.29, 1.82) is 0 Å². The molecule has 0 bridgehead atoms.